The van der Waals surface area contributed by atoms with Crippen molar-refractivity contribution < 1.29 is 4.42 Å². The number of benzene rings is 7. The zero-order chi connectivity index (χ0) is 33.0. The summed E-state index contributed by atoms with van der Waals surface area (Å²) in [6.45, 7) is 0. The SMILES string of the molecule is C1=C(c2cccc3c2c2ccccc2n3-c2cc(-c3ccccc3)cc3c2oc2ccccc23)N=C(c2ccccc2)NC1c1ccccc1. The molecule has 0 saturated carbocycles. The van der Waals surface area contributed by atoms with Gasteiger partial charge in [0, 0.05) is 32.7 Å². The Kier molecular flexibility index (Phi) is 6.53. The summed E-state index contributed by atoms with van der Waals surface area (Å²) < 4.78 is 9.08. The predicted molar refractivity (Wildman–Crippen MR) is 207 cm³/mol. The Bertz CT molecular complexity index is 2770. The molecule has 0 saturated heterocycles. The fraction of sp³-hybridized carbons (Fsp3) is 0.0217. The molecule has 2 aromatic heterocycles. The van der Waals surface area contributed by atoms with Crippen molar-refractivity contribution in [3.05, 3.63) is 193 Å². The molecule has 1 N–H and O–H groups in total. The lowest BCUT2D eigenvalue weighted by Gasteiger charge is -2.24. The summed E-state index contributed by atoms with van der Waals surface area (Å²) in [4.78, 5) is 5.31. The van der Waals surface area contributed by atoms with Gasteiger partial charge in [-0.1, -0.05) is 140 Å². The van der Waals surface area contributed by atoms with E-state index in [0.717, 1.165) is 77.8 Å². The number of hydrogen-bond acceptors (Lipinski definition) is 3. The van der Waals surface area contributed by atoms with Gasteiger partial charge in [0.1, 0.15) is 11.4 Å². The Hall–Kier alpha value is -6.65. The molecule has 1 atom stereocenters. The van der Waals surface area contributed by atoms with E-state index in [0.29, 0.717) is 0 Å². The van der Waals surface area contributed by atoms with Gasteiger partial charge in [-0.05, 0) is 53.1 Å². The zero-order valence-corrected chi connectivity index (χ0v) is 27.1. The van der Waals surface area contributed by atoms with Crippen LogP contribution < -0.4 is 5.32 Å². The molecule has 1 aliphatic rings. The number of rotatable bonds is 5. The first kappa shape index (κ1) is 28.4. The van der Waals surface area contributed by atoms with Crippen molar-refractivity contribution in [3.8, 4) is 16.8 Å². The largest absolute Gasteiger partial charge is 0.454 e. The second-order valence-corrected chi connectivity index (χ2v) is 12.8. The minimum Gasteiger partial charge on any atom is -0.454 e. The highest BCUT2D eigenvalue weighted by Crippen LogP contribution is 2.43. The topological polar surface area (TPSA) is 42.5 Å². The number of nitrogens with one attached hydrogen (secondary N) is 1. The quantitative estimate of drug-likeness (QED) is 0.203. The summed E-state index contributed by atoms with van der Waals surface area (Å²) in [6, 6.07) is 59.7. The first-order chi connectivity index (χ1) is 24.8. The van der Waals surface area contributed by atoms with E-state index in [1.807, 2.05) is 12.1 Å². The molecule has 0 bridgehead atoms. The van der Waals surface area contributed by atoms with E-state index in [4.69, 9.17) is 9.41 Å². The van der Waals surface area contributed by atoms with Gasteiger partial charge in [-0.2, -0.15) is 0 Å². The Morgan fingerprint density at radius 3 is 2.00 bits per heavy atom. The summed E-state index contributed by atoms with van der Waals surface area (Å²) >= 11 is 0. The monoisotopic (exact) mass is 641 g/mol. The van der Waals surface area contributed by atoms with Crippen LogP contribution in [0.5, 0.6) is 0 Å². The van der Waals surface area contributed by atoms with Gasteiger partial charge in [0.25, 0.3) is 0 Å². The summed E-state index contributed by atoms with van der Waals surface area (Å²) in [5.41, 5.74) is 11.6. The van der Waals surface area contributed by atoms with Crippen molar-refractivity contribution in [2.75, 3.05) is 0 Å². The minimum atomic E-state index is -0.0414. The number of amidine groups is 1. The van der Waals surface area contributed by atoms with Crippen LogP contribution in [-0.4, -0.2) is 10.4 Å². The highest BCUT2D eigenvalue weighted by Gasteiger charge is 2.24. The van der Waals surface area contributed by atoms with Crippen molar-refractivity contribution >= 4 is 55.3 Å². The van der Waals surface area contributed by atoms with Crippen LogP contribution in [0.3, 0.4) is 0 Å². The van der Waals surface area contributed by atoms with E-state index in [1.165, 1.54) is 10.9 Å². The Balaban J connectivity index is 1.27. The Morgan fingerprint density at radius 2 is 1.20 bits per heavy atom. The maximum atomic E-state index is 6.71. The molecule has 0 aliphatic carbocycles. The van der Waals surface area contributed by atoms with E-state index in [2.05, 4.69) is 174 Å². The van der Waals surface area contributed by atoms with Gasteiger partial charge in [0.2, 0.25) is 0 Å². The van der Waals surface area contributed by atoms with Crippen LogP contribution in [0.2, 0.25) is 0 Å². The van der Waals surface area contributed by atoms with Crippen molar-refractivity contribution in [2.24, 2.45) is 4.99 Å². The molecule has 50 heavy (non-hydrogen) atoms. The number of furan rings is 1. The molecule has 7 aromatic carbocycles. The molecule has 4 nitrogen and oxygen atoms in total. The van der Waals surface area contributed by atoms with E-state index in [9.17, 15) is 0 Å². The van der Waals surface area contributed by atoms with E-state index in [-0.39, 0.29) is 6.04 Å². The number of nitrogens with zero attached hydrogens (tertiary/aromatic N) is 2. The van der Waals surface area contributed by atoms with E-state index >= 15 is 0 Å². The number of aliphatic imine (C=N–C) groups is 1. The lowest BCUT2D eigenvalue weighted by Crippen LogP contribution is -2.31. The summed E-state index contributed by atoms with van der Waals surface area (Å²) in [5.74, 6) is 0.859. The highest BCUT2D eigenvalue weighted by atomic mass is 16.3. The van der Waals surface area contributed by atoms with Crippen molar-refractivity contribution in [3.63, 3.8) is 0 Å². The van der Waals surface area contributed by atoms with Gasteiger partial charge in [0.05, 0.1) is 28.5 Å². The van der Waals surface area contributed by atoms with Gasteiger partial charge >= 0.3 is 0 Å². The van der Waals surface area contributed by atoms with Gasteiger partial charge in [-0.3, -0.25) is 0 Å². The lowest BCUT2D eigenvalue weighted by atomic mass is 9.98. The number of aromatic nitrogens is 1. The molecule has 4 heteroatoms. The average molecular weight is 642 g/mol. The molecule has 3 heterocycles. The maximum Gasteiger partial charge on any atom is 0.159 e. The molecule has 236 valence electrons. The van der Waals surface area contributed by atoms with Crippen molar-refractivity contribution in [1.29, 1.82) is 0 Å². The van der Waals surface area contributed by atoms with Crippen LogP contribution in [0.25, 0.3) is 66.3 Å². The molecular weight excluding hydrogens is 611 g/mol. The molecule has 0 amide bonds. The normalized spacial score (nSPS) is 14.6. The number of hydrogen-bond donors (Lipinski definition) is 1. The first-order valence-corrected chi connectivity index (χ1v) is 17.0. The molecule has 0 radical (unpaired) electrons. The summed E-state index contributed by atoms with van der Waals surface area (Å²) in [7, 11) is 0. The van der Waals surface area contributed by atoms with Gasteiger partial charge in [-0.25, -0.2) is 4.99 Å². The van der Waals surface area contributed by atoms with Crippen LogP contribution in [0.4, 0.5) is 0 Å². The molecule has 1 aliphatic heterocycles. The molecular formula is C46H31N3O. The fourth-order valence-corrected chi connectivity index (χ4v) is 7.54. The van der Waals surface area contributed by atoms with Crippen LogP contribution >= 0.6 is 0 Å². The second-order valence-electron chi connectivity index (χ2n) is 12.8. The lowest BCUT2D eigenvalue weighted by molar-refractivity contribution is 0.666. The van der Waals surface area contributed by atoms with Gasteiger partial charge in [-0.15, -0.1) is 0 Å². The smallest absolute Gasteiger partial charge is 0.159 e. The summed E-state index contributed by atoms with van der Waals surface area (Å²) in [5, 5.41) is 8.25. The van der Waals surface area contributed by atoms with E-state index < -0.39 is 0 Å². The van der Waals surface area contributed by atoms with E-state index in [1.54, 1.807) is 0 Å². The molecule has 0 spiro atoms. The third-order valence-electron chi connectivity index (χ3n) is 9.84. The van der Waals surface area contributed by atoms with Crippen LogP contribution in [0.1, 0.15) is 22.7 Å². The third kappa shape index (κ3) is 4.57. The standard InChI is InChI=1S/C46H31N3O/c1-4-15-30(16-5-1)33-27-37-34-21-11-13-26-43(34)50-45(37)42(28-33)49-40-24-12-10-22-36(40)44-35(23-14-25-41(44)49)39-29-38(31-17-6-2-7-18-31)47-46(48-39)32-19-8-3-9-20-32/h1-29,38H,(H,47,48). The molecule has 1 unspecified atom stereocenters. The Labute approximate surface area is 289 Å². The number of para-hydroxylation sites is 2. The van der Waals surface area contributed by atoms with Crippen molar-refractivity contribution in [1.82, 2.24) is 9.88 Å². The first-order valence-electron chi connectivity index (χ1n) is 17.0. The van der Waals surface area contributed by atoms with Crippen LogP contribution in [0.15, 0.2) is 185 Å². The van der Waals surface area contributed by atoms with Gasteiger partial charge in [0.15, 0.2) is 5.58 Å². The zero-order valence-electron chi connectivity index (χ0n) is 27.1. The predicted octanol–water partition coefficient (Wildman–Crippen LogP) is 11.5. The molecule has 9 aromatic rings. The Morgan fingerprint density at radius 1 is 0.540 bits per heavy atom. The van der Waals surface area contributed by atoms with Crippen LogP contribution in [-0.2, 0) is 0 Å². The fourth-order valence-electron chi connectivity index (χ4n) is 7.54. The summed E-state index contributed by atoms with van der Waals surface area (Å²) in [6.07, 6.45) is 2.26. The minimum absolute atomic E-state index is 0.0414. The second kappa shape index (κ2) is 11.5. The molecule has 0 fully saturated rings. The van der Waals surface area contributed by atoms with Gasteiger partial charge < -0.3 is 14.3 Å². The van der Waals surface area contributed by atoms with Crippen molar-refractivity contribution in [2.45, 2.75) is 6.04 Å². The number of fused-ring (bicyclic) bond motifs is 6. The average Bonchev–Trinajstić information content (AvgIpc) is 3.74. The maximum absolute atomic E-state index is 6.71. The highest BCUT2D eigenvalue weighted by molar-refractivity contribution is 6.17. The molecule has 10 rings (SSSR count). The third-order valence-corrected chi connectivity index (χ3v) is 9.84. The van der Waals surface area contributed by atoms with Crippen LogP contribution in [0, 0.1) is 0 Å².